The fourth-order valence-corrected chi connectivity index (χ4v) is 5.64. The lowest BCUT2D eigenvalue weighted by atomic mass is 9.71. The molecule has 1 heterocycles. The van der Waals surface area contributed by atoms with Crippen molar-refractivity contribution in [2.24, 2.45) is 0 Å². The highest BCUT2D eigenvalue weighted by atomic mass is 16.5. The van der Waals surface area contributed by atoms with Gasteiger partial charge in [0.1, 0.15) is 5.75 Å². The molecule has 2 N–H and O–H groups in total. The van der Waals surface area contributed by atoms with Crippen molar-refractivity contribution in [2.45, 2.75) is 38.0 Å². The number of benzene rings is 3. The number of ether oxygens (including phenoxy) is 3. The first kappa shape index (κ1) is 27.1. The van der Waals surface area contributed by atoms with E-state index in [1.54, 1.807) is 38.5 Å². The van der Waals surface area contributed by atoms with Gasteiger partial charge in [-0.15, -0.1) is 0 Å². The number of methoxy groups -OCH3 is 2. The van der Waals surface area contributed by atoms with E-state index in [9.17, 15) is 14.7 Å². The summed E-state index contributed by atoms with van der Waals surface area (Å²) in [4.78, 5) is 27.4. The number of aromatic hydroxyl groups is 1. The maximum absolute atomic E-state index is 13.8. The summed E-state index contributed by atoms with van der Waals surface area (Å²) < 4.78 is 16.6. The Bertz CT molecular complexity index is 1470. The fourth-order valence-electron chi connectivity index (χ4n) is 5.64. The van der Waals surface area contributed by atoms with Gasteiger partial charge < -0.3 is 24.6 Å². The van der Waals surface area contributed by atoms with E-state index < -0.39 is 11.9 Å². The Kier molecular flexibility index (Phi) is 7.91. The Hall–Kier alpha value is -4.52. The molecule has 0 radical (unpaired) electrons. The Labute approximate surface area is 234 Å². The summed E-state index contributed by atoms with van der Waals surface area (Å²) in [5.74, 6) is 0.205. The molecule has 206 valence electrons. The molecule has 0 amide bonds. The predicted molar refractivity (Wildman–Crippen MR) is 151 cm³/mol. The summed E-state index contributed by atoms with van der Waals surface area (Å²) in [6.45, 7) is 2.07. The summed E-state index contributed by atoms with van der Waals surface area (Å²) in [6, 6.07) is 22.2. The van der Waals surface area contributed by atoms with Gasteiger partial charge in [0.2, 0.25) is 0 Å². The number of carbonyl (C=O) groups excluding carboxylic acids is 2. The number of dihydropyridines is 1. The molecule has 0 spiro atoms. The number of carbonyl (C=O) groups is 2. The molecule has 3 aromatic carbocycles. The highest BCUT2D eigenvalue weighted by Crippen LogP contribution is 2.46. The van der Waals surface area contributed by atoms with E-state index >= 15 is 0 Å². The topological polar surface area (TPSA) is 94.1 Å². The normalized spacial score (nSPS) is 18.6. The van der Waals surface area contributed by atoms with E-state index in [0.717, 1.165) is 22.4 Å². The Morgan fingerprint density at radius 3 is 2.33 bits per heavy atom. The van der Waals surface area contributed by atoms with Crippen molar-refractivity contribution < 1.29 is 28.9 Å². The van der Waals surface area contributed by atoms with Gasteiger partial charge >= 0.3 is 5.97 Å². The van der Waals surface area contributed by atoms with Crippen molar-refractivity contribution in [1.29, 1.82) is 0 Å². The number of allylic oxidation sites excluding steroid dienone is 3. The number of nitrogens with one attached hydrogen (secondary N) is 1. The van der Waals surface area contributed by atoms with Gasteiger partial charge in [-0.25, -0.2) is 4.79 Å². The molecule has 0 saturated carbocycles. The van der Waals surface area contributed by atoms with Gasteiger partial charge in [-0.2, -0.15) is 0 Å². The Morgan fingerprint density at radius 1 is 0.925 bits per heavy atom. The second kappa shape index (κ2) is 11.7. The van der Waals surface area contributed by atoms with Crippen LogP contribution in [0.5, 0.6) is 17.2 Å². The van der Waals surface area contributed by atoms with Crippen LogP contribution in [0.4, 0.5) is 0 Å². The van der Waals surface area contributed by atoms with Gasteiger partial charge in [-0.05, 0) is 60.2 Å². The second-order valence-corrected chi connectivity index (χ2v) is 10.1. The third-order valence-corrected chi connectivity index (χ3v) is 7.62. The molecule has 40 heavy (non-hydrogen) atoms. The predicted octanol–water partition coefficient (Wildman–Crippen LogP) is 5.56. The molecule has 1 aliphatic carbocycles. The molecule has 2 aliphatic rings. The smallest absolute Gasteiger partial charge is 0.336 e. The number of esters is 1. The van der Waals surface area contributed by atoms with Gasteiger partial charge in [0, 0.05) is 35.7 Å². The van der Waals surface area contributed by atoms with E-state index in [0.29, 0.717) is 47.6 Å². The van der Waals surface area contributed by atoms with E-state index in [1.807, 2.05) is 55.5 Å². The maximum Gasteiger partial charge on any atom is 0.336 e. The highest BCUT2D eigenvalue weighted by Gasteiger charge is 2.41. The van der Waals surface area contributed by atoms with Gasteiger partial charge in [-0.3, -0.25) is 4.79 Å². The minimum Gasteiger partial charge on any atom is -0.508 e. The lowest BCUT2D eigenvalue weighted by Gasteiger charge is -2.36. The summed E-state index contributed by atoms with van der Waals surface area (Å²) in [7, 11) is 3.18. The van der Waals surface area contributed by atoms with Crippen molar-refractivity contribution in [3.05, 3.63) is 112 Å². The van der Waals surface area contributed by atoms with Crippen molar-refractivity contribution in [1.82, 2.24) is 5.32 Å². The number of hydrogen-bond donors (Lipinski definition) is 2. The Morgan fingerprint density at radius 2 is 1.62 bits per heavy atom. The molecule has 0 unspecified atom stereocenters. The number of ketones is 1. The third kappa shape index (κ3) is 5.45. The van der Waals surface area contributed by atoms with E-state index in [2.05, 4.69) is 5.32 Å². The third-order valence-electron chi connectivity index (χ3n) is 7.62. The minimum atomic E-state index is -0.597. The molecule has 0 fully saturated rings. The molecule has 0 saturated heterocycles. The lowest BCUT2D eigenvalue weighted by Crippen LogP contribution is -2.36. The summed E-state index contributed by atoms with van der Waals surface area (Å²) in [6.07, 6.45) is 1.48. The lowest BCUT2D eigenvalue weighted by molar-refractivity contribution is -0.139. The first-order chi connectivity index (χ1) is 19.4. The van der Waals surface area contributed by atoms with Crippen LogP contribution in [0.3, 0.4) is 0 Å². The van der Waals surface area contributed by atoms with Crippen LogP contribution in [0.15, 0.2) is 95.3 Å². The second-order valence-electron chi connectivity index (χ2n) is 10.1. The largest absolute Gasteiger partial charge is 0.508 e. The van der Waals surface area contributed by atoms with Crippen LogP contribution in [0.2, 0.25) is 0 Å². The summed E-state index contributed by atoms with van der Waals surface area (Å²) >= 11 is 0. The monoisotopic (exact) mass is 539 g/mol. The van der Waals surface area contributed by atoms with Crippen molar-refractivity contribution >= 4 is 11.8 Å². The quantitative estimate of drug-likeness (QED) is 0.362. The molecular weight excluding hydrogens is 506 g/mol. The molecule has 1 aliphatic heterocycles. The average molecular weight is 540 g/mol. The molecule has 2 atom stereocenters. The zero-order valence-corrected chi connectivity index (χ0v) is 22.9. The van der Waals surface area contributed by atoms with Crippen molar-refractivity contribution in [3.8, 4) is 17.2 Å². The summed E-state index contributed by atoms with van der Waals surface area (Å²) in [5, 5.41) is 13.3. The fraction of sp³-hybridized carbons (Fsp3) is 0.273. The highest BCUT2D eigenvalue weighted by molar-refractivity contribution is 6.04. The van der Waals surface area contributed by atoms with E-state index in [4.69, 9.17) is 14.2 Å². The van der Waals surface area contributed by atoms with Crippen molar-refractivity contribution in [2.75, 3.05) is 20.8 Å². The minimum absolute atomic E-state index is 0.0336. The first-order valence-corrected chi connectivity index (χ1v) is 13.4. The number of phenols is 1. The summed E-state index contributed by atoms with van der Waals surface area (Å²) in [5.41, 5.74) is 5.24. The molecule has 0 bridgehead atoms. The number of hydrogen-bond acceptors (Lipinski definition) is 7. The van der Waals surface area contributed by atoms with Crippen LogP contribution in [0, 0.1) is 0 Å². The standard InChI is InChI=1S/C33H33NO6/c1-20-30(33(37)40-16-15-21-7-5-4-6-8-21)31(22-9-12-25(35)13-10-22)32-26(34-20)17-24(18-27(32)36)23-11-14-28(38-2)29(19-23)39-3/h4-14,19,24,31,34-35H,15-18H2,1-3H3/t24-,31-/m1/s1. The van der Waals surface area contributed by atoms with Crippen LogP contribution in [-0.4, -0.2) is 37.7 Å². The number of phenolic OH excluding ortho intramolecular Hbond substituents is 1. The van der Waals surface area contributed by atoms with Gasteiger partial charge in [0.05, 0.1) is 26.4 Å². The van der Waals surface area contributed by atoms with Crippen LogP contribution in [0.25, 0.3) is 0 Å². The zero-order valence-electron chi connectivity index (χ0n) is 22.9. The molecule has 0 aromatic heterocycles. The van der Waals surface area contributed by atoms with Crippen LogP contribution >= 0.6 is 0 Å². The number of rotatable bonds is 8. The van der Waals surface area contributed by atoms with Crippen LogP contribution < -0.4 is 14.8 Å². The van der Waals surface area contributed by atoms with Crippen molar-refractivity contribution in [3.63, 3.8) is 0 Å². The molecule has 3 aromatic rings. The first-order valence-electron chi connectivity index (χ1n) is 13.4. The van der Waals surface area contributed by atoms with Crippen LogP contribution in [0.1, 0.15) is 48.3 Å². The van der Waals surface area contributed by atoms with Gasteiger partial charge in [0.25, 0.3) is 0 Å². The van der Waals surface area contributed by atoms with Gasteiger partial charge in [0.15, 0.2) is 17.3 Å². The molecule has 7 nitrogen and oxygen atoms in total. The Balaban J connectivity index is 1.46. The van der Waals surface area contributed by atoms with E-state index in [1.165, 1.54) is 0 Å². The average Bonchev–Trinajstić information content (AvgIpc) is 2.96. The van der Waals surface area contributed by atoms with Gasteiger partial charge in [-0.1, -0.05) is 48.5 Å². The SMILES string of the molecule is COc1ccc([C@H]2CC(=O)C3=C(C2)NC(C)=C(C(=O)OCCc2ccccc2)[C@H]3c2ccc(O)cc2)cc1OC. The number of Topliss-reactive ketones (excluding diaryl/α,β-unsaturated/α-hetero) is 1. The van der Waals surface area contributed by atoms with Crippen LogP contribution in [-0.2, 0) is 20.7 Å². The molecule has 7 heteroatoms. The zero-order chi connectivity index (χ0) is 28.2. The maximum atomic E-state index is 13.8. The van der Waals surface area contributed by atoms with E-state index in [-0.39, 0.29) is 24.1 Å². The molecule has 5 rings (SSSR count). The molecular formula is C33H33NO6.